The fourth-order valence-electron chi connectivity index (χ4n) is 3.73. The van der Waals surface area contributed by atoms with Crippen molar-refractivity contribution in [1.82, 2.24) is 19.9 Å². The lowest BCUT2D eigenvalue weighted by Crippen LogP contribution is -2.36. The van der Waals surface area contributed by atoms with Gasteiger partial charge in [0.25, 0.3) is 5.56 Å². The number of aromatic nitrogens is 3. The van der Waals surface area contributed by atoms with Crippen LogP contribution in [0.1, 0.15) is 60.1 Å². The first-order valence-corrected chi connectivity index (χ1v) is 9.40. The third kappa shape index (κ3) is 3.23. The summed E-state index contributed by atoms with van der Waals surface area (Å²) in [7, 11) is 0. The molecule has 4 rings (SSSR count). The van der Waals surface area contributed by atoms with Gasteiger partial charge in [-0.15, -0.1) is 11.3 Å². The molecule has 0 saturated heterocycles. The first kappa shape index (κ1) is 15.0. The fraction of sp³-hybridized carbons (Fsp3) is 0.588. The Hall–Kier alpha value is -1.53. The predicted octanol–water partition coefficient (Wildman–Crippen LogP) is 2.83. The highest BCUT2D eigenvalue weighted by molar-refractivity contribution is 7.09. The summed E-state index contributed by atoms with van der Waals surface area (Å²) in [6.45, 7) is 2.45. The Morgan fingerprint density at radius 2 is 2.17 bits per heavy atom. The van der Waals surface area contributed by atoms with Crippen LogP contribution in [-0.2, 0) is 19.5 Å². The Bertz CT molecular complexity index is 719. The van der Waals surface area contributed by atoms with Gasteiger partial charge in [0, 0.05) is 37.0 Å². The molecule has 1 saturated carbocycles. The van der Waals surface area contributed by atoms with Crippen molar-refractivity contribution in [2.24, 2.45) is 0 Å². The van der Waals surface area contributed by atoms with Crippen LogP contribution in [0.3, 0.4) is 0 Å². The molecule has 122 valence electrons. The third-order valence-corrected chi connectivity index (χ3v) is 5.76. The second-order valence-corrected chi connectivity index (χ2v) is 7.58. The molecule has 0 radical (unpaired) electrons. The molecule has 1 aliphatic carbocycles. The highest BCUT2D eigenvalue weighted by Gasteiger charge is 2.24. The number of hydrogen-bond donors (Lipinski definition) is 1. The number of thiazole rings is 1. The SMILES string of the molecule is O=c1[nH]c(C2CCCCC2)nc2c1CN(Cc1nccs1)CC2. The Labute approximate surface area is 139 Å². The van der Waals surface area contributed by atoms with Crippen LogP contribution < -0.4 is 5.56 Å². The number of nitrogens with one attached hydrogen (secondary N) is 1. The average molecular weight is 330 g/mol. The van der Waals surface area contributed by atoms with E-state index in [2.05, 4.69) is 14.9 Å². The van der Waals surface area contributed by atoms with Gasteiger partial charge in [0.2, 0.25) is 0 Å². The van der Waals surface area contributed by atoms with E-state index in [1.165, 1.54) is 19.3 Å². The maximum atomic E-state index is 12.5. The Kier molecular flexibility index (Phi) is 4.27. The van der Waals surface area contributed by atoms with Crippen molar-refractivity contribution in [1.29, 1.82) is 0 Å². The number of rotatable bonds is 3. The van der Waals surface area contributed by atoms with Gasteiger partial charge in [-0.3, -0.25) is 9.69 Å². The highest BCUT2D eigenvalue weighted by Crippen LogP contribution is 2.30. The second kappa shape index (κ2) is 6.53. The zero-order valence-electron chi connectivity index (χ0n) is 13.3. The van der Waals surface area contributed by atoms with Crippen LogP contribution in [0.15, 0.2) is 16.4 Å². The van der Waals surface area contributed by atoms with E-state index in [9.17, 15) is 4.79 Å². The molecule has 2 aromatic rings. The number of fused-ring (bicyclic) bond motifs is 1. The molecule has 6 heteroatoms. The van der Waals surface area contributed by atoms with Gasteiger partial charge in [0.15, 0.2) is 0 Å². The summed E-state index contributed by atoms with van der Waals surface area (Å²) in [4.78, 5) is 27.1. The Morgan fingerprint density at radius 1 is 1.30 bits per heavy atom. The zero-order chi connectivity index (χ0) is 15.6. The molecule has 0 aromatic carbocycles. The number of H-pyrrole nitrogens is 1. The Balaban J connectivity index is 1.54. The van der Waals surface area contributed by atoms with Crippen molar-refractivity contribution in [2.45, 2.75) is 57.5 Å². The molecule has 1 aliphatic heterocycles. The molecule has 0 unspecified atom stereocenters. The van der Waals surface area contributed by atoms with Crippen molar-refractivity contribution in [2.75, 3.05) is 6.54 Å². The van der Waals surface area contributed by atoms with Gasteiger partial charge in [0.05, 0.1) is 17.8 Å². The summed E-state index contributed by atoms with van der Waals surface area (Å²) >= 11 is 1.67. The monoisotopic (exact) mass is 330 g/mol. The van der Waals surface area contributed by atoms with Gasteiger partial charge < -0.3 is 4.98 Å². The molecule has 3 heterocycles. The molecule has 0 amide bonds. The molecule has 2 aromatic heterocycles. The van der Waals surface area contributed by atoms with Crippen LogP contribution in [0.2, 0.25) is 0 Å². The molecule has 0 bridgehead atoms. The molecule has 2 aliphatic rings. The molecule has 1 fully saturated rings. The molecular weight excluding hydrogens is 308 g/mol. The van der Waals surface area contributed by atoms with E-state index in [4.69, 9.17) is 4.98 Å². The van der Waals surface area contributed by atoms with Crippen molar-refractivity contribution >= 4 is 11.3 Å². The topological polar surface area (TPSA) is 61.9 Å². The minimum absolute atomic E-state index is 0.0689. The van der Waals surface area contributed by atoms with E-state index < -0.39 is 0 Å². The van der Waals surface area contributed by atoms with Crippen molar-refractivity contribution in [3.63, 3.8) is 0 Å². The summed E-state index contributed by atoms with van der Waals surface area (Å²) in [5.74, 6) is 1.39. The minimum Gasteiger partial charge on any atom is -0.310 e. The highest BCUT2D eigenvalue weighted by atomic mass is 32.1. The van der Waals surface area contributed by atoms with Crippen molar-refractivity contribution in [3.8, 4) is 0 Å². The largest absolute Gasteiger partial charge is 0.310 e. The van der Waals surface area contributed by atoms with Gasteiger partial charge in [0.1, 0.15) is 10.8 Å². The fourth-order valence-corrected chi connectivity index (χ4v) is 4.38. The molecule has 1 N–H and O–H groups in total. The quantitative estimate of drug-likeness (QED) is 0.940. The third-order valence-electron chi connectivity index (χ3n) is 5.00. The van der Waals surface area contributed by atoms with E-state index in [1.54, 1.807) is 11.3 Å². The standard InChI is InChI=1S/C17H22N4OS/c22-17-13-10-21(11-15-18-7-9-23-15)8-6-14(13)19-16(20-17)12-4-2-1-3-5-12/h7,9,12H,1-6,8,10-11H2,(H,19,20,22). The normalized spacial score (nSPS) is 19.7. The van der Waals surface area contributed by atoms with Gasteiger partial charge >= 0.3 is 0 Å². The maximum absolute atomic E-state index is 12.5. The van der Waals surface area contributed by atoms with E-state index in [0.29, 0.717) is 12.5 Å². The van der Waals surface area contributed by atoms with Gasteiger partial charge in [-0.2, -0.15) is 0 Å². The lowest BCUT2D eigenvalue weighted by Gasteiger charge is -2.28. The smallest absolute Gasteiger partial charge is 0.255 e. The van der Waals surface area contributed by atoms with Crippen LogP contribution in [0, 0.1) is 0 Å². The first-order valence-electron chi connectivity index (χ1n) is 8.52. The maximum Gasteiger partial charge on any atom is 0.255 e. The van der Waals surface area contributed by atoms with E-state index in [0.717, 1.165) is 54.4 Å². The molecular formula is C17H22N4OS. The van der Waals surface area contributed by atoms with Crippen LogP contribution in [0.25, 0.3) is 0 Å². The molecule has 0 spiro atoms. The number of aromatic amines is 1. The van der Waals surface area contributed by atoms with Crippen LogP contribution >= 0.6 is 11.3 Å². The number of hydrogen-bond acceptors (Lipinski definition) is 5. The van der Waals surface area contributed by atoms with Crippen LogP contribution in [-0.4, -0.2) is 26.4 Å². The van der Waals surface area contributed by atoms with E-state index >= 15 is 0 Å². The van der Waals surface area contributed by atoms with Gasteiger partial charge in [-0.1, -0.05) is 19.3 Å². The van der Waals surface area contributed by atoms with Gasteiger partial charge in [-0.25, -0.2) is 9.97 Å². The summed E-state index contributed by atoms with van der Waals surface area (Å²) in [6, 6.07) is 0. The summed E-state index contributed by atoms with van der Waals surface area (Å²) in [5, 5.41) is 3.11. The van der Waals surface area contributed by atoms with Crippen LogP contribution in [0.5, 0.6) is 0 Å². The van der Waals surface area contributed by atoms with Crippen LogP contribution in [0.4, 0.5) is 0 Å². The van der Waals surface area contributed by atoms with Crippen molar-refractivity contribution < 1.29 is 0 Å². The minimum atomic E-state index is 0.0689. The van der Waals surface area contributed by atoms with Gasteiger partial charge in [-0.05, 0) is 12.8 Å². The summed E-state index contributed by atoms with van der Waals surface area (Å²) < 4.78 is 0. The Morgan fingerprint density at radius 3 is 2.96 bits per heavy atom. The zero-order valence-corrected chi connectivity index (χ0v) is 14.1. The summed E-state index contributed by atoms with van der Waals surface area (Å²) in [6.07, 6.45) is 8.86. The average Bonchev–Trinajstić information content (AvgIpc) is 3.09. The van der Waals surface area contributed by atoms with Crippen molar-refractivity contribution in [3.05, 3.63) is 44.0 Å². The van der Waals surface area contributed by atoms with E-state index in [1.807, 2.05) is 11.6 Å². The molecule has 23 heavy (non-hydrogen) atoms. The number of nitrogens with zero attached hydrogens (tertiary/aromatic N) is 3. The second-order valence-electron chi connectivity index (χ2n) is 6.60. The predicted molar refractivity (Wildman–Crippen MR) is 90.6 cm³/mol. The lowest BCUT2D eigenvalue weighted by atomic mass is 9.88. The molecule has 0 atom stereocenters. The summed E-state index contributed by atoms with van der Waals surface area (Å²) in [5.41, 5.74) is 1.94. The molecule has 5 nitrogen and oxygen atoms in total. The van der Waals surface area contributed by atoms with E-state index in [-0.39, 0.29) is 5.56 Å². The first-order chi connectivity index (χ1) is 11.3. The lowest BCUT2D eigenvalue weighted by molar-refractivity contribution is 0.240.